The van der Waals surface area contributed by atoms with E-state index in [1.165, 1.54) is 0 Å². The molecule has 0 bridgehead atoms. The van der Waals surface area contributed by atoms with Gasteiger partial charge in [0.15, 0.2) is 9.84 Å². The van der Waals surface area contributed by atoms with E-state index in [9.17, 15) is 13.2 Å². The van der Waals surface area contributed by atoms with Crippen molar-refractivity contribution < 1.29 is 18.3 Å². The van der Waals surface area contributed by atoms with Gasteiger partial charge in [-0.2, -0.15) is 11.8 Å². The lowest BCUT2D eigenvalue weighted by Gasteiger charge is -2.32. The number of hydrogen-bond acceptors (Lipinski definition) is 5. The third-order valence-corrected chi connectivity index (χ3v) is 6.12. The van der Waals surface area contributed by atoms with Crippen LogP contribution in [0.1, 0.15) is 13.8 Å². The van der Waals surface area contributed by atoms with Gasteiger partial charge in [-0.15, -0.1) is 0 Å². The number of carbonyl (C=O) groups is 1. The van der Waals surface area contributed by atoms with Crippen molar-refractivity contribution >= 4 is 27.6 Å². The predicted molar refractivity (Wildman–Crippen MR) is 69.2 cm³/mol. The van der Waals surface area contributed by atoms with Gasteiger partial charge in [0.05, 0.1) is 11.0 Å². The molecule has 0 aromatic carbocycles. The summed E-state index contributed by atoms with van der Waals surface area (Å²) in [6.45, 7) is 4.26. The summed E-state index contributed by atoms with van der Waals surface area (Å²) in [5.41, 5.74) is 0. The van der Waals surface area contributed by atoms with Gasteiger partial charge >= 0.3 is 5.97 Å². The number of carboxylic acid groups (broad SMARTS) is 1. The van der Waals surface area contributed by atoms with Crippen molar-refractivity contribution in [3.63, 3.8) is 0 Å². The fourth-order valence-corrected chi connectivity index (χ4v) is 3.68. The van der Waals surface area contributed by atoms with Crippen LogP contribution in [0.3, 0.4) is 0 Å². The first kappa shape index (κ1) is 14.8. The van der Waals surface area contributed by atoms with Crippen LogP contribution < -0.4 is 0 Å². The van der Waals surface area contributed by atoms with E-state index in [1.54, 1.807) is 30.5 Å². The Hall–Kier alpha value is -0.270. The molecule has 1 rings (SSSR count). The second kappa shape index (κ2) is 6.06. The monoisotopic (exact) mass is 281 g/mol. The molecule has 0 aromatic rings. The number of carboxylic acids is 1. The molecule has 0 radical (unpaired) electrons. The normalized spacial score (nSPS) is 22.9. The molecule has 5 nitrogen and oxygen atoms in total. The summed E-state index contributed by atoms with van der Waals surface area (Å²) in [6, 6.07) is -0.545. The lowest BCUT2D eigenvalue weighted by molar-refractivity contribution is -0.142. The molecule has 1 aliphatic heterocycles. The number of hydrogen-bond donors (Lipinski definition) is 1. The topological polar surface area (TPSA) is 74.7 Å². The van der Waals surface area contributed by atoms with E-state index in [1.807, 2.05) is 0 Å². The largest absolute Gasteiger partial charge is 0.480 e. The fourth-order valence-electron chi connectivity index (χ4n) is 1.61. The van der Waals surface area contributed by atoms with Crippen LogP contribution in [0.5, 0.6) is 0 Å². The highest BCUT2D eigenvalue weighted by Gasteiger charge is 2.29. The molecule has 0 saturated carbocycles. The minimum absolute atomic E-state index is 0.0408. The van der Waals surface area contributed by atoms with Gasteiger partial charge in [0.1, 0.15) is 6.04 Å². The van der Waals surface area contributed by atoms with Gasteiger partial charge in [0.2, 0.25) is 0 Å². The Kier molecular flexibility index (Phi) is 5.27. The second-order valence-corrected chi connectivity index (χ2v) is 8.21. The molecule has 0 spiro atoms. The summed E-state index contributed by atoms with van der Waals surface area (Å²) in [4.78, 5) is 12.8. The Morgan fingerprint density at radius 1 is 1.53 bits per heavy atom. The van der Waals surface area contributed by atoms with E-state index in [2.05, 4.69) is 0 Å². The van der Waals surface area contributed by atoms with Crippen LogP contribution in [0, 0.1) is 0 Å². The molecule has 0 amide bonds. The average Bonchev–Trinajstić information content (AvgIpc) is 2.26. The third kappa shape index (κ3) is 4.15. The Bertz CT molecular complexity index is 367. The zero-order chi connectivity index (χ0) is 13.1. The molecular formula is C10H19NO4S2. The number of aliphatic carboxylic acids is 1. The van der Waals surface area contributed by atoms with Crippen LogP contribution in [-0.2, 0) is 14.6 Å². The summed E-state index contributed by atoms with van der Waals surface area (Å²) in [5.74, 6) is 0.584. The van der Waals surface area contributed by atoms with Gasteiger partial charge in [0.25, 0.3) is 0 Å². The van der Waals surface area contributed by atoms with E-state index >= 15 is 0 Å². The molecule has 0 aliphatic carbocycles. The summed E-state index contributed by atoms with van der Waals surface area (Å²) in [5, 5.41) is 8.64. The van der Waals surface area contributed by atoms with Gasteiger partial charge in [-0.3, -0.25) is 9.69 Å². The van der Waals surface area contributed by atoms with E-state index < -0.39 is 27.1 Å². The average molecular weight is 281 g/mol. The molecule has 7 heteroatoms. The summed E-state index contributed by atoms with van der Waals surface area (Å²) in [6.07, 6.45) is 0. The standard InChI is InChI=1S/C10H19NO4S2/c1-8(2)17(14,15)6-4-11-3-5-16-7-9(11)10(12)13/h8-9H,3-7H2,1-2H3,(H,12,13). The maximum atomic E-state index is 11.7. The van der Waals surface area contributed by atoms with Crippen LogP contribution in [-0.4, -0.2) is 66.0 Å². The smallest absolute Gasteiger partial charge is 0.321 e. The Morgan fingerprint density at radius 3 is 2.71 bits per heavy atom. The molecule has 17 heavy (non-hydrogen) atoms. The van der Waals surface area contributed by atoms with E-state index in [0.717, 1.165) is 5.75 Å². The second-order valence-electron chi connectivity index (χ2n) is 4.38. The van der Waals surface area contributed by atoms with Crippen LogP contribution in [0.25, 0.3) is 0 Å². The maximum Gasteiger partial charge on any atom is 0.321 e. The lowest BCUT2D eigenvalue weighted by atomic mass is 10.3. The van der Waals surface area contributed by atoms with Crippen LogP contribution in [0.15, 0.2) is 0 Å². The molecule has 1 N–H and O–H groups in total. The van der Waals surface area contributed by atoms with Crippen molar-refractivity contribution in [3.8, 4) is 0 Å². The molecule has 1 unspecified atom stereocenters. The number of rotatable bonds is 5. The number of thioether (sulfide) groups is 1. The zero-order valence-corrected chi connectivity index (χ0v) is 11.8. The number of sulfone groups is 1. The first-order chi connectivity index (χ1) is 7.84. The Labute approximate surface area is 106 Å². The lowest BCUT2D eigenvalue weighted by Crippen LogP contribution is -2.49. The van der Waals surface area contributed by atoms with Gasteiger partial charge in [-0.05, 0) is 13.8 Å². The summed E-state index contributed by atoms with van der Waals surface area (Å²) >= 11 is 1.60. The molecule has 0 aromatic heterocycles. The van der Waals surface area contributed by atoms with Crippen molar-refractivity contribution in [1.82, 2.24) is 4.90 Å². The van der Waals surface area contributed by atoms with Crippen molar-refractivity contribution in [1.29, 1.82) is 0 Å². The minimum Gasteiger partial charge on any atom is -0.480 e. The van der Waals surface area contributed by atoms with E-state index in [-0.39, 0.29) is 5.75 Å². The molecule has 100 valence electrons. The molecular weight excluding hydrogens is 262 g/mol. The van der Waals surface area contributed by atoms with Crippen molar-refractivity contribution in [2.45, 2.75) is 25.1 Å². The van der Waals surface area contributed by atoms with Crippen molar-refractivity contribution in [2.24, 2.45) is 0 Å². The molecule has 1 heterocycles. The van der Waals surface area contributed by atoms with Crippen molar-refractivity contribution in [3.05, 3.63) is 0 Å². The Morgan fingerprint density at radius 2 is 2.18 bits per heavy atom. The molecule has 1 atom stereocenters. The highest BCUT2D eigenvalue weighted by molar-refractivity contribution is 7.99. The highest BCUT2D eigenvalue weighted by atomic mass is 32.2. The van der Waals surface area contributed by atoms with Crippen molar-refractivity contribution in [2.75, 3.05) is 30.3 Å². The number of nitrogens with zero attached hydrogens (tertiary/aromatic N) is 1. The quantitative estimate of drug-likeness (QED) is 0.782. The summed E-state index contributed by atoms with van der Waals surface area (Å²) < 4.78 is 23.3. The third-order valence-electron chi connectivity index (χ3n) is 2.91. The van der Waals surface area contributed by atoms with E-state index in [4.69, 9.17) is 5.11 Å². The van der Waals surface area contributed by atoms with Gasteiger partial charge < -0.3 is 5.11 Å². The van der Waals surface area contributed by atoms with Gasteiger partial charge in [-0.1, -0.05) is 0 Å². The zero-order valence-electron chi connectivity index (χ0n) is 10.1. The first-order valence-corrected chi connectivity index (χ1v) is 8.48. The molecule has 1 aliphatic rings. The minimum atomic E-state index is -3.09. The SMILES string of the molecule is CC(C)S(=O)(=O)CCN1CCSCC1C(=O)O. The van der Waals surface area contributed by atoms with Crippen LogP contribution >= 0.6 is 11.8 Å². The predicted octanol–water partition coefficient (Wildman–Crippen LogP) is 0.312. The van der Waals surface area contributed by atoms with Gasteiger partial charge in [0, 0.05) is 24.6 Å². The van der Waals surface area contributed by atoms with E-state index in [0.29, 0.717) is 18.8 Å². The van der Waals surface area contributed by atoms with Crippen LogP contribution in [0.2, 0.25) is 0 Å². The maximum absolute atomic E-state index is 11.7. The molecule has 1 saturated heterocycles. The van der Waals surface area contributed by atoms with Gasteiger partial charge in [-0.25, -0.2) is 8.42 Å². The first-order valence-electron chi connectivity index (χ1n) is 5.61. The highest BCUT2D eigenvalue weighted by Crippen LogP contribution is 2.17. The summed E-state index contributed by atoms with van der Waals surface area (Å²) in [7, 11) is -3.09. The fraction of sp³-hybridized carbons (Fsp3) is 0.900. The Balaban J connectivity index is 2.58. The van der Waals surface area contributed by atoms with Crippen LogP contribution in [0.4, 0.5) is 0 Å². The molecule has 1 fully saturated rings.